The molecule has 0 aromatic carbocycles. The molecule has 5 nitrogen and oxygen atoms in total. The van der Waals surface area contributed by atoms with Gasteiger partial charge in [0, 0.05) is 21.9 Å². The molecular formula is C16H18N4OS2. The number of hydrogen-bond donors (Lipinski definition) is 0. The van der Waals surface area contributed by atoms with Crippen molar-refractivity contribution in [3.05, 3.63) is 33.3 Å². The topological polar surface area (TPSA) is 68.6 Å². The Balaban J connectivity index is 1.98. The third-order valence-electron chi connectivity index (χ3n) is 4.14. The van der Waals surface area contributed by atoms with Crippen molar-refractivity contribution in [2.45, 2.75) is 33.6 Å². The predicted molar refractivity (Wildman–Crippen MR) is 93.0 cm³/mol. The van der Waals surface area contributed by atoms with Gasteiger partial charge in [0.15, 0.2) is 5.78 Å². The minimum atomic E-state index is 0.0894. The summed E-state index contributed by atoms with van der Waals surface area (Å²) in [7, 11) is 0. The molecule has 0 N–H and O–H groups in total. The van der Waals surface area contributed by atoms with Crippen LogP contribution >= 0.6 is 23.1 Å². The van der Waals surface area contributed by atoms with Crippen molar-refractivity contribution >= 4 is 41.0 Å². The first-order valence-corrected chi connectivity index (χ1v) is 9.11. The Morgan fingerprint density at radius 3 is 1.83 bits per heavy atom. The van der Waals surface area contributed by atoms with Gasteiger partial charge in [-0.1, -0.05) is 29.7 Å². The first-order valence-electron chi connectivity index (χ1n) is 7.43. The molecule has 0 saturated heterocycles. The van der Waals surface area contributed by atoms with Gasteiger partial charge in [-0.25, -0.2) is 0 Å². The SMILES string of the molecule is CC(C)(C)C1C/C(=C/c2csnn2)C(=O)/C(=C/c2csnn2)C1. The van der Waals surface area contributed by atoms with E-state index in [-0.39, 0.29) is 11.2 Å². The van der Waals surface area contributed by atoms with E-state index in [1.807, 2.05) is 22.9 Å². The standard InChI is InChI=1S/C16H18N4OS2/c1-16(2,3)12-4-10(6-13-8-22-19-17-13)15(21)11(5-12)7-14-9-23-20-18-14/h6-9,12H,4-5H2,1-3H3/b10-6-,11-7+. The van der Waals surface area contributed by atoms with Gasteiger partial charge in [-0.2, -0.15) is 0 Å². The highest BCUT2D eigenvalue weighted by molar-refractivity contribution is 7.03. The van der Waals surface area contributed by atoms with Crippen LogP contribution in [0.3, 0.4) is 0 Å². The Morgan fingerprint density at radius 2 is 1.48 bits per heavy atom. The fourth-order valence-electron chi connectivity index (χ4n) is 2.68. The normalized spacial score (nSPS) is 22.9. The molecular weight excluding hydrogens is 328 g/mol. The van der Waals surface area contributed by atoms with Crippen LogP contribution in [0.4, 0.5) is 0 Å². The van der Waals surface area contributed by atoms with Gasteiger partial charge in [0.05, 0.1) is 11.4 Å². The molecule has 0 aliphatic heterocycles. The molecule has 3 rings (SSSR count). The zero-order valence-corrected chi connectivity index (χ0v) is 14.9. The molecule has 2 aromatic rings. The second-order valence-corrected chi connectivity index (χ2v) is 8.02. The number of rotatable bonds is 2. The lowest BCUT2D eigenvalue weighted by molar-refractivity contribution is -0.113. The maximum atomic E-state index is 12.8. The van der Waals surface area contributed by atoms with Crippen molar-refractivity contribution < 1.29 is 4.79 Å². The van der Waals surface area contributed by atoms with Crippen molar-refractivity contribution in [3.63, 3.8) is 0 Å². The molecule has 0 spiro atoms. The smallest absolute Gasteiger partial charge is 0.185 e. The van der Waals surface area contributed by atoms with Crippen molar-refractivity contribution in [2.75, 3.05) is 0 Å². The van der Waals surface area contributed by atoms with Gasteiger partial charge in [-0.15, -0.1) is 10.2 Å². The summed E-state index contributed by atoms with van der Waals surface area (Å²) in [5.74, 6) is 0.488. The number of allylic oxidation sites excluding steroid dienone is 2. The predicted octanol–water partition coefficient (Wildman–Crippen LogP) is 3.88. The fraction of sp³-hybridized carbons (Fsp3) is 0.438. The number of Topliss-reactive ketones (excluding diaryl/α,β-unsaturated/α-hetero) is 1. The van der Waals surface area contributed by atoms with Crippen LogP contribution in [0.1, 0.15) is 45.0 Å². The molecule has 1 unspecified atom stereocenters. The summed E-state index contributed by atoms with van der Waals surface area (Å²) >= 11 is 2.58. The molecule has 1 atom stereocenters. The lowest BCUT2D eigenvalue weighted by Crippen LogP contribution is -2.29. The van der Waals surface area contributed by atoms with Crippen LogP contribution in [0.15, 0.2) is 21.9 Å². The zero-order chi connectivity index (χ0) is 16.4. The second-order valence-electron chi connectivity index (χ2n) is 6.80. The van der Waals surface area contributed by atoms with Gasteiger partial charge in [0.2, 0.25) is 0 Å². The van der Waals surface area contributed by atoms with Crippen LogP contribution in [0.25, 0.3) is 12.2 Å². The van der Waals surface area contributed by atoms with Gasteiger partial charge in [0.1, 0.15) is 0 Å². The molecule has 1 saturated carbocycles. The number of aromatic nitrogens is 4. The first kappa shape index (κ1) is 16.1. The van der Waals surface area contributed by atoms with E-state index in [1.165, 1.54) is 23.1 Å². The Morgan fingerprint density at radius 1 is 1.00 bits per heavy atom. The van der Waals surface area contributed by atoms with E-state index in [4.69, 9.17) is 0 Å². The van der Waals surface area contributed by atoms with E-state index in [2.05, 4.69) is 39.9 Å². The van der Waals surface area contributed by atoms with Gasteiger partial charge in [-0.05, 0) is 59.4 Å². The van der Waals surface area contributed by atoms with Crippen molar-refractivity contribution in [2.24, 2.45) is 11.3 Å². The van der Waals surface area contributed by atoms with E-state index in [0.29, 0.717) is 5.92 Å². The van der Waals surface area contributed by atoms with Crippen LogP contribution in [0.5, 0.6) is 0 Å². The summed E-state index contributed by atoms with van der Waals surface area (Å²) in [5.41, 5.74) is 3.24. The molecule has 2 heterocycles. The molecule has 0 radical (unpaired) electrons. The Kier molecular flexibility index (Phi) is 4.50. The van der Waals surface area contributed by atoms with Gasteiger partial charge < -0.3 is 0 Å². The summed E-state index contributed by atoms with van der Waals surface area (Å²) in [6.07, 6.45) is 5.28. The minimum Gasteiger partial charge on any atom is -0.289 e. The fourth-order valence-corrected chi connectivity index (χ4v) is 3.51. The highest BCUT2D eigenvalue weighted by Gasteiger charge is 2.34. The first-order chi connectivity index (χ1) is 10.9. The molecule has 1 aliphatic rings. The van der Waals surface area contributed by atoms with Crippen LogP contribution in [-0.4, -0.2) is 25.0 Å². The van der Waals surface area contributed by atoms with Crippen LogP contribution in [-0.2, 0) is 4.79 Å². The van der Waals surface area contributed by atoms with E-state index in [9.17, 15) is 4.79 Å². The molecule has 23 heavy (non-hydrogen) atoms. The highest BCUT2D eigenvalue weighted by Crippen LogP contribution is 2.41. The van der Waals surface area contributed by atoms with E-state index >= 15 is 0 Å². The Labute approximate surface area is 143 Å². The maximum Gasteiger partial charge on any atom is 0.185 e. The van der Waals surface area contributed by atoms with Crippen LogP contribution in [0, 0.1) is 11.3 Å². The maximum absolute atomic E-state index is 12.8. The average molecular weight is 346 g/mol. The minimum absolute atomic E-state index is 0.0894. The summed E-state index contributed by atoms with van der Waals surface area (Å²) in [6, 6.07) is 0. The number of hydrogen-bond acceptors (Lipinski definition) is 7. The molecule has 0 bridgehead atoms. The monoisotopic (exact) mass is 346 g/mol. The summed E-state index contributed by atoms with van der Waals surface area (Å²) in [6.45, 7) is 6.66. The molecule has 1 fully saturated rings. The van der Waals surface area contributed by atoms with E-state index in [1.54, 1.807) is 0 Å². The number of carbonyl (C=O) groups is 1. The largest absolute Gasteiger partial charge is 0.289 e. The third-order valence-corrected chi connectivity index (χ3v) is 5.18. The molecule has 120 valence electrons. The van der Waals surface area contributed by atoms with E-state index in [0.717, 1.165) is 35.4 Å². The van der Waals surface area contributed by atoms with Crippen molar-refractivity contribution in [3.8, 4) is 0 Å². The van der Waals surface area contributed by atoms with Crippen molar-refractivity contribution in [1.82, 2.24) is 19.2 Å². The zero-order valence-electron chi connectivity index (χ0n) is 13.3. The lowest BCUT2D eigenvalue weighted by atomic mass is 9.68. The molecule has 2 aromatic heterocycles. The number of carbonyl (C=O) groups excluding carboxylic acids is 1. The average Bonchev–Trinajstić information content (AvgIpc) is 3.15. The van der Waals surface area contributed by atoms with Gasteiger partial charge in [-0.3, -0.25) is 4.79 Å². The van der Waals surface area contributed by atoms with Crippen molar-refractivity contribution in [1.29, 1.82) is 0 Å². The van der Waals surface area contributed by atoms with Gasteiger partial charge in [0.25, 0.3) is 0 Å². The molecule has 0 amide bonds. The van der Waals surface area contributed by atoms with Gasteiger partial charge >= 0.3 is 0 Å². The number of ketones is 1. The summed E-state index contributed by atoms with van der Waals surface area (Å²) < 4.78 is 7.73. The number of nitrogens with zero attached hydrogens (tertiary/aromatic N) is 4. The van der Waals surface area contributed by atoms with E-state index < -0.39 is 0 Å². The van der Waals surface area contributed by atoms with Crippen LogP contribution < -0.4 is 0 Å². The van der Waals surface area contributed by atoms with Crippen LogP contribution in [0.2, 0.25) is 0 Å². The highest BCUT2D eigenvalue weighted by atomic mass is 32.1. The Bertz CT molecular complexity index is 683. The summed E-state index contributed by atoms with van der Waals surface area (Å²) in [5, 5.41) is 11.8. The lowest BCUT2D eigenvalue weighted by Gasteiger charge is -2.35. The summed E-state index contributed by atoms with van der Waals surface area (Å²) in [4.78, 5) is 12.8. The second kappa shape index (κ2) is 6.41. The molecule has 1 aliphatic carbocycles. The Hall–Kier alpha value is -1.73. The quantitative estimate of drug-likeness (QED) is 0.772. The molecule has 7 heteroatoms. The third kappa shape index (κ3) is 3.79.